The second-order valence-electron chi connectivity index (χ2n) is 5.09. The highest BCUT2D eigenvalue weighted by atomic mass is 16.5. The van der Waals surface area contributed by atoms with Crippen molar-refractivity contribution in [2.75, 3.05) is 6.61 Å². The molecule has 0 saturated heterocycles. The minimum atomic E-state index is -0.760. The molecule has 1 aromatic carbocycles. The number of benzene rings is 1. The summed E-state index contributed by atoms with van der Waals surface area (Å²) in [6.07, 6.45) is 4.74. The van der Waals surface area contributed by atoms with Crippen LogP contribution in [0.25, 0.3) is 0 Å². The number of amides is 1. The third-order valence-corrected chi connectivity index (χ3v) is 3.40. The average molecular weight is 315 g/mol. The van der Waals surface area contributed by atoms with Crippen LogP contribution >= 0.6 is 0 Å². The first-order chi connectivity index (χ1) is 11.1. The van der Waals surface area contributed by atoms with Crippen LogP contribution < -0.4 is 16.4 Å². The van der Waals surface area contributed by atoms with Gasteiger partial charge in [0.2, 0.25) is 0 Å². The topological polar surface area (TPSA) is 93.4 Å². The number of nitrogens with one attached hydrogen (secondary N) is 2. The molecular weight excluding hydrogens is 294 g/mol. The van der Waals surface area contributed by atoms with E-state index in [4.69, 9.17) is 10.5 Å². The van der Waals surface area contributed by atoms with E-state index in [9.17, 15) is 9.59 Å². The van der Waals surface area contributed by atoms with Crippen LogP contribution in [0.5, 0.6) is 0 Å². The quantitative estimate of drug-likeness (QED) is 0.669. The number of hydrogen-bond acceptors (Lipinski definition) is 5. The van der Waals surface area contributed by atoms with E-state index in [2.05, 4.69) is 10.6 Å². The van der Waals surface area contributed by atoms with Crippen molar-refractivity contribution in [2.45, 2.75) is 25.6 Å². The molecular formula is C17H21N3O3. The predicted octanol–water partition coefficient (Wildman–Crippen LogP) is 0.605. The predicted molar refractivity (Wildman–Crippen MR) is 87.0 cm³/mol. The summed E-state index contributed by atoms with van der Waals surface area (Å²) in [5.41, 5.74) is 7.14. The van der Waals surface area contributed by atoms with Gasteiger partial charge in [0.05, 0.1) is 12.2 Å². The molecule has 2 atom stereocenters. The highest BCUT2D eigenvalue weighted by molar-refractivity contribution is 5.97. The fourth-order valence-electron chi connectivity index (χ4n) is 2.25. The van der Waals surface area contributed by atoms with Gasteiger partial charge in [-0.05, 0) is 30.8 Å². The van der Waals surface area contributed by atoms with E-state index < -0.39 is 18.2 Å². The molecule has 4 N–H and O–H groups in total. The molecule has 122 valence electrons. The highest BCUT2D eigenvalue weighted by Gasteiger charge is 2.26. The van der Waals surface area contributed by atoms with Gasteiger partial charge in [0.25, 0.3) is 5.91 Å². The zero-order chi connectivity index (χ0) is 16.7. The summed E-state index contributed by atoms with van der Waals surface area (Å²) in [4.78, 5) is 24.5. The summed E-state index contributed by atoms with van der Waals surface area (Å²) in [7, 11) is 0. The molecule has 0 fully saturated rings. The molecule has 2 rings (SSSR count). The minimum Gasteiger partial charge on any atom is -0.464 e. The molecule has 6 nitrogen and oxygen atoms in total. The Balaban J connectivity index is 2.10. The molecule has 0 radical (unpaired) electrons. The Morgan fingerprint density at radius 2 is 2.09 bits per heavy atom. The molecule has 1 unspecified atom stereocenters. The fraction of sp³-hybridized carbons (Fsp3) is 0.294. The molecule has 1 aromatic rings. The van der Waals surface area contributed by atoms with Crippen molar-refractivity contribution in [3.05, 3.63) is 59.8 Å². The lowest BCUT2D eigenvalue weighted by Gasteiger charge is -2.22. The summed E-state index contributed by atoms with van der Waals surface area (Å²) >= 11 is 0. The van der Waals surface area contributed by atoms with Gasteiger partial charge in [-0.1, -0.05) is 30.3 Å². The molecule has 0 spiro atoms. The van der Waals surface area contributed by atoms with Crippen molar-refractivity contribution < 1.29 is 14.3 Å². The van der Waals surface area contributed by atoms with Crippen LogP contribution in [0.2, 0.25) is 0 Å². The standard InChI is InChI=1S/C17H21N3O3/c1-2-23-17(22)14(11-12-7-4-3-5-8-12)20-16(21)13-9-6-10-19-15(13)18/h3-10,14-15,19H,2,11,18H2,1H3,(H,20,21)/t14-,15?/m0/s1. The van der Waals surface area contributed by atoms with Crippen molar-refractivity contribution in [3.8, 4) is 0 Å². The molecule has 0 bridgehead atoms. The van der Waals surface area contributed by atoms with E-state index >= 15 is 0 Å². The van der Waals surface area contributed by atoms with Crippen molar-refractivity contribution in [1.29, 1.82) is 0 Å². The summed E-state index contributed by atoms with van der Waals surface area (Å²) < 4.78 is 5.06. The third kappa shape index (κ3) is 4.69. The number of hydrogen-bond donors (Lipinski definition) is 3. The summed E-state index contributed by atoms with van der Waals surface area (Å²) in [6.45, 7) is 1.99. The van der Waals surface area contributed by atoms with Gasteiger partial charge in [0.15, 0.2) is 0 Å². The van der Waals surface area contributed by atoms with Crippen molar-refractivity contribution in [1.82, 2.24) is 10.6 Å². The Hall–Kier alpha value is -2.60. The third-order valence-electron chi connectivity index (χ3n) is 3.40. The van der Waals surface area contributed by atoms with Crippen LogP contribution in [0, 0.1) is 0 Å². The Kier molecular flexibility index (Phi) is 5.94. The van der Waals surface area contributed by atoms with Gasteiger partial charge >= 0.3 is 5.97 Å². The maximum atomic E-state index is 12.4. The molecule has 1 aliphatic rings. The van der Waals surface area contributed by atoms with Crippen LogP contribution in [0.15, 0.2) is 54.3 Å². The molecule has 1 amide bonds. The van der Waals surface area contributed by atoms with Gasteiger partial charge in [0.1, 0.15) is 12.2 Å². The van der Waals surface area contributed by atoms with Crippen LogP contribution in [0.4, 0.5) is 0 Å². The van der Waals surface area contributed by atoms with Crippen LogP contribution in [0.3, 0.4) is 0 Å². The summed E-state index contributed by atoms with van der Waals surface area (Å²) in [5.74, 6) is -0.846. The molecule has 0 aliphatic carbocycles. The average Bonchev–Trinajstić information content (AvgIpc) is 2.55. The zero-order valence-corrected chi connectivity index (χ0v) is 13.0. The number of dihydropyridines is 1. The molecule has 0 aromatic heterocycles. The first-order valence-electron chi connectivity index (χ1n) is 7.51. The van der Waals surface area contributed by atoms with Crippen molar-refractivity contribution >= 4 is 11.9 Å². The van der Waals surface area contributed by atoms with Gasteiger partial charge < -0.3 is 21.1 Å². The van der Waals surface area contributed by atoms with Crippen LogP contribution in [0.1, 0.15) is 12.5 Å². The zero-order valence-electron chi connectivity index (χ0n) is 13.0. The van der Waals surface area contributed by atoms with Crippen molar-refractivity contribution in [2.24, 2.45) is 5.73 Å². The van der Waals surface area contributed by atoms with Crippen LogP contribution in [-0.2, 0) is 20.7 Å². The van der Waals surface area contributed by atoms with Gasteiger partial charge in [-0.25, -0.2) is 4.79 Å². The first-order valence-corrected chi connectivity index (χ1v) is 7.51. The molecule has 1 heterocycles. The maximum Gasteiger partial charge on any atom is 0.328 e. The minimum absolute atomic E-state index is 0.256. The van der Waals surface area contributed by atoms with E-state index in [1.54, 1.807) is 25.3 Å². The highest BCUT2D eigenvalue weighted by Crippen LogP contribution is 2.08. The van der Waals surface area contributed by atoms with Crippen molar-refractivity contribution in [3.63, 3.8) is 0 Å². The lowest BCUT2D eigenvalue weighted by molar-refractivity contribution is -0.147. The van der Waals surface area contributed by atoms with Gasteiger partial charge in [-0.2, -0.15) is 0 Å². The number of rotatable bonds is 6. The fourth-order valence-corrected chi connectivity index (χ4v) is 2.25. The Morgan fingerprint density at radius 1 is 1.35 bits per heavy atom. The van der Waals surface area contributed by atoms with E-state index in [1.165, 1.54) is 0 Å². The van der Waals surface area contributed by atoms with Gasteiger partial charge in [0, 0.05) is 6.42 Å². The maximum absolute atomic E-state index is 12.4. The lowest BCUT2D eigenvalue weighted by atomic mass is 10.0. The molecule has 23 heavy (non-hydrogen) atoms. The Morgan fingerprint density at radius 3 is 2.74 bits per heavy atom. The second kappa shape index (κ2) is 8.14. The SMILES string of the molecule is CCOC(=O)[C@H](Cc1ccccc1)NC(=O)C1=CC=CNC1N. The Bertz CT molecular complexity index is 611. The second-order valence-corrected chi connectivity index (χ2v) is 5.09. The monoisotopic (exact) mass is 315 g/mol. The normalized spacial score (nSPS) is 17.7. The van der Waals surface area contributed by atoms with E-state index in [-0.39, 0.29) is 12.5 Å². The number of allylic oxidation sites excluding steroid dienone is 2. The van der Waals surface area contributed by atoms with Gasteiger partial charge in [-0.15, -0.1) is 0 Å². The van der Waals surface area contributed by atoms with Gasteiger partial charge in [-0.3, -0.25) is 4.79 Å². The van der Waals surface area contributed by atoms with E-state index in [1.807, 2.05) is 30.3 Å². The van der Waals surface area contributed by atoms with E-state index in [0.717, 1.165) is 5.56 Å². The number of esters is 1. The lowest BCUT2D eigenvalue weighted by Crippen LogP contribution is -2.49. The number of nitrogens with two attached hydrogens (primary N) is 1. The molecule has 1 aliphatic heterocycles. The number of carbonyl (C=O) groups excluding carboxylic acids is 2. The summed E-state index contributed by atoms with van der Waals surface area (Å²) in [6, 6.07) is 8.69. The first kappa shape index (κ1) is 16.8. The smallest absolute Gasteiger partial charge is 0.328 e. The van der Waals surface area contributed by atoms with E-state index in [0.29, 0.717) is 12.0 Å². The van der Waals surface area contributed by atoms with Crippen LogP contribution in [-0.4, -0.2) is 30.7 Å². The number of carbonyl (C=O) groups is 2. The summed E-state index contributed by atoms with van der Waals surface area (Å²) in [5, 5.41) is 5.56. The molecule has 6 heteroatoms. The Labute approximate surface area is 135 Å². The largest absolute Gasteiger partial charge is 0.464 e. The molecule has 0 saturated carbocycles. The number of ether oxygens (including phenoxy) is 1.